The highest BCUT2D eigenvalue weighted by molar-refractivity contribution is 5.83. The molecule has 0 aromatic heterocycles. The first kappa shape index (κ1) is 24.0. The number of ether oxygens (including phenoxy) is 4. The number of rotatable bonds is 7. The number of hydrogen-bond donors (Lipinski definition) is 0. The van der Waals surface area contributed by atoms with Crippen molar-refractivity contribution in [3.63, 3.8) is 0 Å². The van der Waals surface area contributed by atoms with Gasteiger partial charge >= 0.3 is 5.97 Å². The van der Waals surface area contributed by atoms with Crippen LogP contribution in [0.15, 0.2) is 47.3 Å². The van der Waals surface area contributed by atoms with Crippen molar-refractivity contribution in [3.05, 3.63) is 47.3 Å². The van der Waals surface area contributed by atoms with Crippen LogP contribution in [0.2, 0.25) is 0 Å². The minimum atomic E-state index is -0.701. The fourth-order valence-electron chi connectivity index (χ4n) is 5.30. The average molecular weight is 431 g/mol. The van der Waals surface area contributed by atoms with Crippen LogP contribution in [0.4, 0.5) is 0 Å². The summed E-state index contributed by atoms with van der Waals surface area (Å²) >= 11 is 0. The summed E-state index contributed by atoms with van der Waals surface area (Å²) in [6, 6.07) is 0. The first-order chi connectivity index (χ1) is 14.5. The Labute approximate surface area is 187 Å². The SMILES string of the molecule is CO[C@]1(C)C[C@@H]2OCC3=CC[C@](C)(CCC=C(C)C)[C@@H](/C=C/OC(=O)C=C(C)C)[C@]32O1. The van der Waals surface area contributed by atoms with Gasteiger partial charge in [0.05, 0.1) is 19.0 Å². The zero-order chi connectivity index (χ0) is 22.9. The molecule has 0 radical (unpaired) electrons. The molecule has 0 unspecified atom stereocenters. The van der Waals surface area contributed by atoms with E-state index in [9.17, 15) is 4.79 Å². The van der Waals surface area contributed by atoms with Gasteiger partial charge in [0, 0.05) is 25.5 Å². The fourth-order valence-corrected chi connectivity index (χ4v) is 5.30. The molecule has 3 rings (SSSR count). The van der Waals surface area contributed by atoms with Crippen molar-refractivity contribution < 1.29 is 23.7 Å². The van der Waals surface area contributed by atoms with Crippen LogP contribution in [0.5, 0.6) is 0 Å². The fraction of sp³-hybridized carbons (Fsp3) is 0.654. The Morgan fingerprint density at radius 2 is 1.97 bits per heavy atom. The van der Waals surface area contributed by atoms with Crippen molar-refractivity contribution in [3.8, 4) is 0 Å². The second kappa shape index (κ2) is 9.05. The van der Waals surface area contributed by atoms with Gasteiger partial charge in [-0.2, -0.15) is 0 Å². The molecule has 1 aliphatic carbocycles. The van der Waals surface area contributed by atoms with E-state index in [1.165, 1.54) is 17.2 Å². The van der Waals surface area contributed by atoms with Gasteiger partial charge in [-0.1, -0.05) is 30.2 Å². The number of carbonyl (C=O) groups excluding carboxylic acids is 1. The molecule has 172 valence electrons. The molecular weight excluding hydrogens is 392 g/mol. The highest BCUT2D eigenvalue weighted by Crippen LogP contribution is 2.61. The lowest BCUT2D eigenvalue weighted by molar-refractivity contribution is -0.236. The maximum Gasteiger partial charge on any atom is 0.335 e. The quantitative estimate of drug-likeness (QED) is 0.227. The van der Waals surface area contributed by atoms with Crippen molar-refractivity contribution >= 4 is 5.97 Å². The van der Waals surface area contributed by atoms with Crippen molar-refractivity contribution in [2.45, 2.75) is 84.7 Å². The summed E-state index contributed by atoms with van der Waals surface area (Å²) in [5, 5.41) is 0. The maximum absolute atomic E-state index is 12.1. The molecule has 2 aliphatic heterocycles. The Hall–Kier alpha value is -1.69. The van der Waals surface area contributed by atoms with Crippen LogP contribution in [-0.2, 0) is 23.7 Å². The van der Waals surface area contributed by atoms with E-state index in [0.717, 1.165) is 24.8 Å². The van der Waals surface area contributed by atoms with Crippen LogP contribution >= 0.6 is 0 Å². The van der Waals surface area contributed by atoms with Crippen LogP contribution in [-0.4, -0.2) is 37.2 Å². The summed E-state index contributed by atoms with van der Waals surface area (Å²) in [7, 11) is 1.68. The molecule has 5 atom stereocenters. The topological polar surface area (TPSA) is 54.0 Å². The van der Waals surface area contributed by atoms with Crippen LogP contribution < -0.4 is 0 Å². The van der Waals surface area contributed by atoms with Crippen molar-refractivity contribution in [1.29, 1.82) is 0 Å². The van der Waals surface area contributed by atoms with Gasteiger partial charge in [-0.25, -0.2) is 4.79 Å². The van der Waals surface area contributed by atoms with Gasteiger partial charge in [-0.3, -0.25) is 0 Å². The van der Waals surface area contributed by atoms with E-state index in [4.69, 9.17) is 18.9 Å². The van der Waals surface area contributed by atoms with Crippen LogP contribution in [0.25, 0.3) is 0 Å². The molecule has 0 aromatic rings. The smallest absolute Gasteiger partial charge is 0.335 e. The van der Waals surface area contributed by atoms with Gasteiger partial charge in [0.2, 0.25) is 0 Å². The molecule has 2 saturated heterocycles. The van der Waals surface area contributed by atoms with E-state index in [1.807, 2.05) is 26.8 Å². The number of hydrogen-bond acceptors (Lipinski definition) is 5. The van der Waals surface area contributed by atoms with Crippen molar-refractivity contribution in [2.24, 2.45) is 11.3 Å². The predicted molar refractivity (Wildman–Crippen MR) is 121 cm³/mol. The monoisotopic (exact) mass is 430 g/mol. The lowest BCUT2D eigenvalue weighted by Gasteiger charge is -2.49. The average Bonchev–Trinajstić information content (AvgIpc) is 3.14. The first-order valence-corrected chi connectivity index (χ1v) is 11.3. The predicted octanol–water partition coefficient (Wildman–Crippen LogP) is 5.63. The van der Waals surface area contributed by atoms with Crippen LogP contribution in [0.1, 0.15) is 67.2 Å². The summed E-state index contributed by atoms with van der Waals surface area (Å²) in [6.07, 6.45) is 13.2. The number of methoxy groups -OCH3 is 1. The second-order valence-electron chi connectivity index (χ2n) is 10.1. The second-order valence-corrected chi connectivity index (χ2v) is 10.1. The molecule has 0 N–H and O–H groups in total. The Balaban J connectivity index is 1.97. The molecular formula is C26H38O5. The third-order valence-corrected chi connectivity index (χ3v) is 6.95. The Morgan fingerprint density at radius 1 is 1.23 bits per heavy atom. The van der Waals surface area contributed by atoms with Crippen LogP contribution in [0.3, 0.4) is 0 Å². The van der Waals surface area contributed by atoms with Crippen LogP contribution in [0, 0.1) is 11.3 Å². The molecule has 31 heavy (non-hydrogen) atoms. The zero-order valence-electron chi connectivity index (χ0n) is 20.1. The molecule has 5 nitrogen and oxygen atoms in total. The van der Waals surface area contributed by atoms with E-state index >= 15 is 0 Å². The molecule has 2 heterocycles. The maximum atomic E-state index is 12.1. The standard InChI is InChI=1S/C26H38O5/c1-18(2)9-8-12-24(5)13-10-20-17-30-22-16-25(6,28-7)31-26(20,22)21(24)11-14-29-23(27)15-19(3)4/h9-11,14-15,21-22H,8,12-13,16-17H2,1-7H3/b14-11+/t21-,22+,24+,25+,26-/m1/s1. The normalized spacial score (nSPS) is 36.5. The third-order valence-electron chi connectivity index (χ3n) is 6.95. The largest absolute Gasteiger partial charge is 0.432 e. The van der Waals surface area contributed by atoms with Gasteiger partial charge in [0.1, 0.15) is 5.60 Å². The summed E-state index contributed by atoms with van der Waals surface area (Å²) in [4.78, 5) is 12.1. The number of esters is 1. The van der Waals surface area contributed by atoms with E-state index in [-0.39, 0.29) is 23.4 Å². The lowest BCUT2D eigenvalue weighted by atomic mass is 9.58. The molecule has 1 spiro atoms. The summed E-state index contributed by atoms with van der Waals surface area (Å²) < 4.78 is 24.1. The number of allylic oxidation sites excluding steroid dienone is 4. The number of carbonyl (C=O) groups is 1. The Kier molecular flexibility index (Phi) is 6.99. The molecule has 0 saturated carbocycles. The van der Waals surface area contributed by atoms with Crippen molar-refractivity contribution in [1.82, 2.24) is 0 Å². The zero-order valence-corrected chi connectivity index (χ0v) is 20.1. The first-order valence-electron chi connectivity index (χ1n) is 11.3. The Bertz CT molecular complexity index is 814. The van der Waals surface area contributed by atoms with E-state index < -0.39 is 11.4 Å². The molecule has 5 heteroatoms. The summed E-state index contributed by atoms with van der Waals surface area (Å²) in [6.45, 7) is 12.9. The summed E-state index contributed by atoms with van der Waals surface area (Å²) in [5.41, 5.74) is 2.75. The highest BCUT2D eigenvalue weighted by atomic mass is 16.7. The van der Waals surface area contributed by atoms with E-state index in [0.29, 0.717) is 13.0 Å². The minimum absolute atomic E-state index is 0.00506. The van der Waals surface area contributed by atoms with Gasteiger partial charge in [-0.05, 0) is 70.9 Å². The molecule has 0 amide bonds. The van der Waals surface area contributed by atoms with Gasteiger partial charge in [0.15, 0.2) is 5.79 Å². The highest BCUT2D eigenvalue weighted by Gasteiger charge is 2.67. The molecule has 2 fully saturated rings. The molecule has 3 aliphatic rings. The van der Waals surface area contributed by atoms with Gasteiger partial charge in [-0.15, -0.1) is 0 Å². The van der Waals surface area contributed by atoms with Crippen molar-refractivity contribution in [2.75, 3.05) is 13.7 Å². The van der Waals surface area contributed by atoms with Gasteiger partial charge < -0.3 is 18.9 Å². The van der Waals surface area contributed by atoms with E-state index in [1.54, 1.807) is 13.4 Å². The molecule has 0 bridgehead atoms. The lowest BCUT2D eigenvalue weighted by Crippen LogP contribution is -2.53. The van der Waals surface area contributed by atoms with E-state index in [2.05, 4.69) is 32.9 Å². The Morgan fingerprint density at radius 3 is 2.61 bits per heavy atom. The summed E-state index contributed by atoms with van der Waals surface area (Å²) in [5.74, 6) is -1.07. The minimum Gasteiger partial charge on any atom is -0.432 e. The third kappa shape index (κ3) is 4.74. The van der Waals surface area contributed by atoms with Gasteiger partial charge in [0.25, 0.3) is 0 Å². The molecule has 0 aromatic carbocycles.